The van der Waals surface area contributed by atoms with Crippen LogP contribution in [-0.4, -0.2) is 16.9 Å². The Morgan fingerprint density at radius 2 is 2.00 bits per heavy atom. The first-order valence-corrected chi connectivity index (χ1v) is 7.45. The number of benzene rings is 1. The standard InChI is InChI=1S/C16H17N3S/c1-19(11-14-6-4-8-20-14)10-13-9-12-5-2-3-7-15(12)18-16(13)17/h2-9H,10-11H2,1H3,(H2,17,18). The van der Waals surface area contributed by atoms with Crippen molar-refractivity contribution < 1.29 is 0 Å². The maximum absolute atomic E-state index is 6.07. The molecule has 0 atom stereocenters. The Morgan fingerprint density at radius 1 is 1.15 bits per heavy atom. The Labute approximate surface area is 122 Å². The molecule has 0 fully saturated rings. The minimum Gasteiger partial charge on any atom is -0.383 e. The fourth-order valence-corrected chi connectivity index (χ4v) is 3.10. The van der Waals surface area contributed by atoms with Crippen LogP contribution in [0.5, 0.6) is 0 Å². The van der Waals surface area contributed by atoms with Gasteiger partial charge in [0.2, 0.25) is 0 Å². The highest BCUT2D eigenvalue weighted by Gasteiger charge is 2.08. The van der Waals surface area contributed by atoms with Gasteiger partial charge in [0, 0.05) is 28.9 Å². The molecule has 0 amide bonds. The van der Waals surface area contributed by atoms with Crippen molar-refractivity contribution in [3.63, 3.8) is 0 Å². The van der Waals surface area contributed by atoms with Crippen molar-refractivity contribution in [1.82, 2.24) is 9.88 Å². The van der Waals surface area contributed by atoms with Crippen molar-refractivity contribution in [1.29, 1.82) is 0 Å². The summed E-state index contributed by atoms with van der Waals surface area (Å²) >= 11 is 1.78. The molecule has 3 nitrogen and oxygen atoms in total. The maximum atomic E-state index is 6.07. The Morgan fingerprint density at radius 3 is 2.80 bits per heavy atom. The predicted octanol–water partition coefficient (Wildman–Crippen LogP) is 3.51. The normalized spacial score (nSPS) is 11.3. The first-order valence-electron chi connectivity index (χ1n) is 6.57. The number of aromatic nitrogens is 1. The Hall–Kier alpha value is -1.91. The van der Waals surface area contributed by atoms with Gasteiger partial charge in [0.05, 0.1) is 5.52 Å². The molecule has 0 bridgehead atoms. The average Bonchev–Trinajstić information content (AvgIpc) is 2.92. The first-order chi connectivity index (χ1) is 9.72. The number of rotatable bonds is 4. The first kappa shape index (κ1) is 13.1. The van der Waals surface area contributed by atoms with E-state index in [0.29, 0.717) is 5.82 Å². The second-order valence-corrected chi connectivity index (χ2v) is 6.01. The van der Waals surface area contributed by atoms with Gasteiger partial charge in [-0.1, -0.05) is 24.3 Å². The van der Waals surface area contributed by atoms with Gasteiger partial charge in [-0.25, -0.2) is 4.98 Å². The van der Waals surface area contributed by atoms with Crippen LogP contribution in [0.4, 0.5) is 5.82 Å². The summed E-state index contributed by atoms with van der Waals surface area (Å²) in [4.78, 5) is 8.10. The summed E-state index contributed by atoms with van der Waals surface area (Å²) in [7, 11) is 2.11. The predicted molar refractivity (Wildman–Crippen MR) is 85.6 cm³/mol. The molecule has 102 valence electrons. The molecule has 1 aromatic carbocycles. The summed E-state index contributed by atoms with van der Waals surface area (Å²) in [6, 6.07) is 14.5. The lowest BCUT2D eigenvalue weighted by Gasteiger charge is -2.17. The minimum absolute atomic E-state index is 0.627. The van der Waals surface area contributed by atoms with E-state index in [9.17, 15) is 0 Å². The number of fused-ring (bicyclic) bond motifs is 1. The van der Waals surface area contributed by atoms with Gasteiger partial charge in [0.15, 0.2) is 0 Å². The molecular formula is C16H17N3S. The van der Waals surface area contributed by atoms with Crippen LogP contribution >= 0.6 is 11.3 Å². The van der Waals surface area contributed by atoms with Crippen LogP contribution in [0.2, 0.25) is 0 Å². The van der Waals surface area contributed by atoms with Gasteiger partial charge in [-0.05, 0) is 30.6 Å². The van der Waals surface area contributed by atoms with Crippen molar-refractivity contribution in [3.8, 4) is 0 Å². The summed E-state index contributed by atoms with van der Waals surface area (Å²) in [5, 5.41) is 3.25. The Kier molecular flexibility index (Phi) is 3.67. The second kappa shape index (κ2) is 5.61. The minimum atomic E-state index is 0.627. The summed E-state index contributed by atoms with van der Waals surface area (Å²) in [5.41, 5.74) is 8.11. The van der Waals surface area contributed by atoms with Gasteiger partial charge < -0.3 is 5.73 Å². The molecule has 2 aromatic heterocycles. The lowest BCUT2D eigenvalue weighted by atomic mass is 10.1. The third kappa shape index (κ3) is 2.81. The van der Waals surface area contributed by atoms with Crippen molar-refractivity contribution in [2.45, 2.75) is 13.1 Å². The number of hydrogen-bond acceptors (Lipinski definition) is 4. The molecule has 0 aliphatic heterocycles. The zero-order valence-corrected chi connectivity index (χ0v) is 12.2. The molecule has 3 aromatic rings. The number of thiophene rings is 1. The van der Waals surface area contributed by atoms with Gasteiger partial charge in [0.25, 0.3) is 0 Å². The summed E-state index contributed by atoms with van der Waals surface area (Å²) in [6.07, 6.45) is 0. The largest absolute Gasteiger partial charge is 0.383 e. The summed E-state index contributed by atoms with van der Waals surface area (Å²) < 4.78 is 0. The maximum Gasteiger partial charge on any atom is 0.128 e. The van der Waals surface area contributed by atoms with E-state index in [1.165, 1.54) is 4.88 Å². The quantitative estimate of drug-likeness (QED) is 0.796. The molecule has 0 saturated carbocycles. The van der Waals surface area contributed by atoms with Crippen molar-refractivity contribution in [3.05, 3.63) is 58.3 Å². The van der Waals surface area contributed by atoms with E-state index in [0.717, 1.165) is 29.6 Å². The van der Waals surface area contributed by atoms with Gasteiger partial charge in [-0.3, -0.25) is 4.90 Å². The van der Waals surface area contributed by atoms with Gasteiger partial charge in [0.1, 0.15) is 5.82 Å². The van der Waals surface area contributed by atoms with E-state index < -0.39 is 0 Å². The lowest BCUT2D eigenvalue weighted by Crippen LogP contribution is -2.17. The fraction of sp³-hybridized carbons (Fsp3) is 0.188. The molecule has 0 aliphatic carbocycles. The zero-order valence-electron chi connectivity index (χ0n) is 11.4. The van der Waals surface area contributed by atoms with Gasteiger partial charge >= 0.3 is 0 Å². The van der Waals surface area contributed by atoms with E-state index in [1.807, 2.05) is 18.2 Å². The zero-order chi connectivity index (χ0) is 13.9. The Bertz CT molecular complexity index is 707. The highest BCUT2D eigenvalue weighted by molar-refractivity contribution is 7.09. The summed E-state index contributed by atoms with van der Waals surface area (Å²) in [6.45, 7) is 1.74. The molecule has 2 N–H and O–H groups in total. The van der Waals surface area contributed by atoms with Gasteiger partial charge in [-0.2, -0.15) is 0 Å². The fourth-order valence-electron chi connectivity index (χ4n) is 2.32. The third-order valence-corrected chi connectivity index (χ3v) is 4.14. The number of anilines is 1. The number of para-hydroxylation sites is 1. The number of nitrogens with two attached hydrogens (primary N) is 1. The van der Waals surface area contributed by atoms with Crippen LogP contribution in [0.1, 0.15) is 10.4 Å². The number of nitrogen functional groups attached to an aromatic ring is 1. The monoisotopic (exact) mass is 283 g/mol. The molecule has 2 heterocycles. The van der Waals surface area contributed by atoms with Crippen LogP contribution < -0.4 is 5.73 Å². The lowest BCUT2D eigenvalue weighted by molar-refractivity contribution is 0.322. The molecule has 3 rings (SSSR count). The topological polar surface area (TPSA) is 42.2 Å². The van der Waals surface area contributed by atoms with Crippen LogP contribution in [0.3, 0.4) is 0 Å². The number of nitrogens with zero attached hydrogens (tertiary/aromatic N) is 2. The third-order valence-electron chi connectivity index (χ3n) is 3.28. The van der Waals surface area contributed by atoms with Crippen LogP contribution in [0.25, 0.3) is 10.9 Å². The van der Waals surface area contributed by atoms with E-state index in [1.54, 1.807) is 11.3 Å². The molecule has 20 heavy (non-hydrogen) atoms. The second-order valence-electron chi connectivity index (χ2n) is 4.98. The van der Waals surface area contributed by atoms with Crippen LogP contribution in [0, 0.1) is 0 Å². The number of pyridine rings is 1. The molecule has 0 radical (unpaired) electrons. The highest BCUT2D eigenvalue weighted by atomic mass is 32.1. The highest BCUT2D eigenvalue weighted by Crippen LogP contribution is 2.20. The molecule has 0 unspecified atom stereocenters. The van der Waals surface area contributed by atoms with Gasteiger partial charge in [-0.15, -0.1) is 11.3 Å². The van der Waals surface area contributed by atoms with Crippen LogP contribution in [-0.2, 0) is 13.1 Å². The molecule has 4 heteroatoms. The Balaban J connectivity index is 1.81. The average molecular weight is 283 g/mol. The number of hydrogen-bond donors (Lipinski definition) is 1. The van der Waals surface area contributed by atoms with Crippen molar-refractivity contribution in [2.75, 3.05) is 12.8 Å². The van der Waals surface area contributed by atoms with E-state index in [2.05, 4.69) is 46.6 Å². The molecule has 0 spiro atoms. The SMILES string of the molecule is CN(Cc1cccs1)Cc1cc2ccccc2nc1N. The van der Waals surface area contributed by atoms with E-state index in [4.69, 9.17) is 5.73 Å². The van der Waals surface area contributed by atoms with E-state index in [-0.39, 0.29) is 0 Å². The summed E-state index contributed by atoms with van der Waals surface area (Å²) in [5.74, 6) is 0.627. The van der Waals surface area contributed by atoms with E-state index >= 15 is 0 Å². The van der Waals surface area contributed by atoms with Crippen molar-refractivity contribution in [2.24, 2.45) is 0 Å². The smallest absolute Gasteiger partial charge is 0.128 e. The van der Waals surface area contributed by atoms with Crippen molar-refractivity contribution >= 4 is 28.1 Å². The van der Waals surface area contributed by atoms with Crippen LogP contribution in [0.15, 0.2) is 47.8 Å². The molecule has 0 saturated heterocycles. The molecule has 0 aliphatic rings. The molecular weight excluding hydrogens is 266 g/mol.